The second kappa shape index (κ2) is 5.15. The molecule has 0 radical (unpaired) electrons. The summed E-state index contributed by atoms with van der Waals surface area (Å²) in [5.41, 5.74) is 1.24. The summed E-state index contributed by atoms with van der Waals surface area (Å²) in [5.74, 6) is 2.23. The molecule has 0 spiro atoms. The predicted octanol–water partition coefficient (Wildman–Crippen LogP) is 3.68. The number of allylic oxidation sites excluding steroid dienone is 1. The molecule has 0 aliphatic heterocycles. The van der Waals surface area contributed by atoms with Gasteiger partial charge in [-0.1, -0.05) is 12.5 Å². The average Bonchev–Trinajstić information content (AvgIpc) is 2.81. The van der Waals surface area contributed by atoms with Crippen LogP contribution in [0.1, 0.15) is 51.9 Å². The first-order valence-corrected chi connectivity index (χ1v) is 9.02. The Bertz CT molecular complexity index is 514. The minimum absolute atomic E-state index is 0.000288. The average molecular weight is 306 g/mol. The zero-order valence-electron chi connectivity index (χ0n) is 13.4. The van der Waals surface area contributed by atoms with Crippen molar-refractivity contribution < 1.29 is 14.3 Å². The van der Waals surface area contributed by atoms with Gasteiger partial charge in [0.1, 0.15) is 0 Å². The third-order valence-corrected chi connectivity index (χ3v) is 7.62. The van der Waals surface area contributed by atoms with E-state index in [9.17, 15) is 14.3 Å². The Morgan fingerprint density at radius 2 is 2.14 bits per heavy atom. The smallest absolute Gasteiger partial charge is 0.155 e. The third-order valence-electron chi connectivity index (χ3n) is 7.62. The molecule has 1 N–H and O–H groups in total. The van der Waals surface area contributed by atoms with Gasteiger partial charge in [-0.25, -0.2) is 0 Å². The van der Waals surface area contributed by atoms with E-state index in [1.807, 2.05) is 6.08 Å². The van der Waals surface area contributed by atoms with Crippen LogP contribution >= 0.6 is 0 Å². The number of hydrogen-bond acceptors (Lipinski definition) is 2. The van der Waals surface area contributed by atoms with Gasteiger partial charge in [0.15, 0.2) is 5.78 Å². The second-order valence-corrected chi connectivity index (χ2v) is 8.43. The van der Waals surface area contributed by atoms with Crippen LogP contribution in [0.3, 0.4) is 0 Å². The maximum Gasteiger partial charge on any atom is 0.155 e. The topological polar surface area (TPSA) is 37.3 Å². The lowest BCUT2D eigenvalue weighted by molar-refractivity contribution is -0.116. The van der Waals surface area contributed by atoms with Crippen LogP contribution in [0.4, 0.5) is 4.39 Å². The molecule has 0 heterocycles. The number of hydrogen-bond donors (Lipinski definition) is 1. The molecule has 4 aliphatic carbocycles. The highest BCUT2D eigenvalue weighted by Gasteiger charge is 2.58. The SMILES string of the molecule is C[C@]12CC[C@H]3[C@@H]([C@H](CF)CC4=CC(=O)CC[C@@H]43)[C@@H]1CC[C@@H]2O. The molecule has 0 unspecified atom stereocenters. The number of alkyl halides is 1. The van der Waals surface area contributed by atoms with Crippen LogP contribution in [0.5, 0.6) is 0 Å². The highest BCUT2D eigenvalue weighted by atomic mass is 19.1. The Labute approximate surface area is 132 Å². The fraction of sp³-hybridized carbons (Fsp3) is 0.842. The Morgan fingerprint density at radius 3 is 2.91 bits per heavy atom. The number of ketones is 1. The fourth-order valence-corrected chi connectivity index (χ4v) is 6.51. The molecule has 122 valence electrons. The van der Waals surface area contributed by atoms with Gasteiger partial charge in [0.05, 0.1) is 12.8 Å². The van der Waals surface area contributed by atoms with Crippen molar-refractivity contribution in [2.24, 2.45) is 35.0 Å². The first-order valence-electron chi connectivity index (χ1n) is 9.02. The van der Waals surface area contributed by atoms with Crippen LogP contribution in [0.2, 0.25) is 0 Å². The summed E-state index contributed by atoms with van der Waals surface area (Å²) in [6.07, 6.45) is 8.15. The molecule has 0 bridgehead atoms. The summed E-state index contributed by atoms with van der Waals surface area (Å²) in [6, 6.07) is 0. The number of aliphatic hydroxyl groups excluding tert-OH is 1. The summed E-state index contributed by atoms with van der Waals surface area (Å²) in [4.78, 5) is 11.7. The fourth-order valence-electron chi connectivity index (χ4n) is 6.51. The molecule has 2 nitrogen and oxygen atoms in total. The van der Waals surface area contributed by atoms with Gasteiger partial charge in [-0.2, -0.15) is 0 Å². The van der Waals surface area contributed by atoms with Crippen molar-refractivity contribution in [3.8, 4) is 0 Å². The maximum atomic E-state index is 13.8. The first-order chi connectivity index (χ1) is 10.5. The van der Waals surface area contributed by atoms with Crippen LogP contribution in [0.25, 0.3) is 0 Å². The zero-order valence-corrected chi connectivity index (χ0v) is 13.4. The molecule has 3 heteroatoms. The normalized spacial score (nSPS) is 50.9. The molecule has 0 amide bonds. The molecule has 4 aliphatic rings. The molecule has 22 heavy (non-hydrogen) atoms. The standard InChI is InChI=1S/C19H27FO2/c1-19-7-6-15-14-3-2-13(21)9-11(14)8-12(10-20)18(15)16(19)4-5-17(19)22/h9,12,14-18,22H,2-8,10H2,1H3/t12-,14-,15+,16-,17-,18+,19-/m0/s1. The summed E-state index contributed by atoms with van der Waals surface area (Å²) in [7, 11) is 0. The number of carbonyl (C=O) groups is 1. The minimum Gasteiger partial charge on any atom is -0.393 e. The summed E-state index contributed by atoms with van der Waals surface area (Å²) >= 11 is 0. The van der Waals surface area contributed by atoms with Crippen LogP contribution in [0, 0.1) is 35.0 Å². The minimum atomic E-state index is -0.276. The van der Waals surface area contributed by atoms with Gasteiger partial charge >= 0.3 is 0 Å². The Morgan fingerprint density at radius 1 is 1.32 bits per heavy atom. The molecule has 0 aromatic rings. The lowest BCUT2D eigenvalue weighted by Gasteiger charge is -2.55. The molecule has 0 aromatic carbocycles. The van der Waals surface area contributed by atoms with E-state index in [1.54, 1.807) is 0 Å². The van der Waals surface area contributed by atoms with Gasteiger partial charge in [-0.3, -0.25) is 9.18 Å². The molecule has 3 fully saturated rings. The molecular weight excluding hydrogens is 279 g/mol. The van der Waals surface area contributed by atoms with Crippen molar-refractivity contribution >= 4 is 5.78 Å². The van der Waals surface area contributed by atoms with Gasteiger partial charge in [-0.15, -0.1) is 0 Å². The van der Waals surface area contributed by atoms with Crippen molar-refractivity contribution in [1.29, 1.82) is 0 Å². The Kier molecular flexibility index (Phi) is 3.48. The lowest BCUT2D eigenvalue weighted by Crippen LogP contribution is -2.51. The van der Waals surface area contributed by atoms with E-state index in [-0.39, 0.29) is 29.9 Å². The molecule has 3 saturated carbocycles. The molecule has 7 atom stereocenters. The van der Waals surface area contributed by atoms with Crippen LogP contribution in [-0.2, 0) is 4.79 Å². The second-order valence-electron chi connectivity index (χ2n) is 8.43. The van der Waals surface area contributed by atoms with Crippen LogP contribution < -0.4 is 0 Å². The lowest BCUT2D eigenvalue weighted by atomic mass is 9.49. The predicted molar refractivity (Wildman–Crippen MR) is 82.9 cm³/mol. The maximum absolute atomic E-state index is 13.8. The molecule has 0 aromatic heterocycles. The van der Waals surface area contributed by atoms with Gasteiger partial charge < -0.3 is 5.11 Å². The van der Waals surface area contributed by atoms with Crippen LogP contribution in [0.15, 0.2) is 11.6 Å². The molecular formula is C19H27FO2. The zero-order chi connectivity index (χ0) is 15.5. The van der Waals surface area contributed by atoms with E-state index in [1.165, 1.54) is 5.57 Å². The van der Waals surface area contributed by atoms with Gasteiger partial charge in [0.2, 0.25) is 0 Å². The summed E-state index contributed by atoms with van der Waals surface area (Å²) in [6.45, 7) is 1.96. The Balaban J connectivity index is 1.70. The largest absolute Gasteiger partial charge is 0.393 e. The third kappa shape index (κ3) is 1.97. The van der Waals surface area contributed by atoms with E-state index in [4.69, 9.17) is 0 Å². The molecule has 0 saturated heterocycles. The number of halogens is 1. The Hall–Kier alpha value is -0.700. The number of carbonyl (C=O) groups excluding carboxylic acids is 1. The highest BCUT2D eigenvalue weighted by molar-refractivity contribution is 5.91. The van der Waals surface area contributed by atoms with Gasteiger partial charge in [-0.05, 0) is 79.6 Å². The quantitative estimate of drug-likeness (QED) is 0.802. The van der Waals surface area contributed by atoms with E-state index >= 15 is 0 Å². The van der Waals surface area contributed by atoms with Crippen molar-refractivity contribution in [3.05, 3.63) is 11.6 Å². The van der Waals surface area contributed by atoms with E-state index in [0.717, 1.165) is 38.5 Å². The summed E-state index contributed by atoms with van der Waals surface area (Å²) < 4.78 is 13.8. The van der Waals surface area contributed by atoms with E-state index in [2.05, 4.69) is 6.92 Å². The van der Waals surface area contributed by atoms with Crippen LogP contribution in [-0.4, -0.2) is 23.7 Å². The number of fused-ring (bicyclic) bond motifs is 5. The molecule has 4 rings (SSSR count). The van der Waals surface area contributed by atoms with Gasteiger partial charge in [0.25, 0.3) is 0 Å². The first kappa shape index (κ1) is 14.9. The van der Waals surface area contributed by atoms with Crippen molar-refractivity contribution in [2.45, 2.75) is 58.0 Å². The highest BCUT2D eigenvalue weighted by Crippen LogP contribution is 2.63. The summed E-state index contributed by atoms with van der Waals surface area (Å²) in [5, 5.41) is 10.5. The van der Waals surface area contributed by atoms with Crippen molar-refractivity contribution in [3.63, 3.8) is 0 Å². The van der Waals surface area contributed by atoms with E-state index in [0.29, 0.717) is 30.1 Å². The van der Waals surface area contributed by atoms with Crippen molar-refractivity contribution in [2.75, 3.05) is 6.67 Å². The van der Waals surface area contributed by atoms with Crippen molar-refractivity contribution in [1.82, 2.24) is 0 Å². The number of aliphatic hydroxyl groups is 1. The van der Waals surface area contributed by atoms with Gasteiger partial charge in [0, 0.05) is 6.42 Å². The monoisotopic (exact) mass is 306 g/mol. The number of rotatable bonds is 1. The van der Waals surface area contributed by atoms with E-state index < -0.39 is 0 Å².